The Bertz CT molecular complexity index is 495. The van der Waals surface area contributed by atoms with Crippen LogP contribution in [0.3, 0.4) is 0 Å². The number of nitrogens with zero attached hydrogens (tertiary/aromatic N) is 1. The van der Waals surface area contributed by atoms with E-state index in [0.29, 0.717) is 6.04 Å². The Labute approximate surface area is 118 Å². The Hall–Kier alpha value is -1.42. The maximum absolute atomic E-state index is 12.2. The summed E-state index contributed by atoms with van der Waals surface area (Å²) in [6, 6.07) is 8.48. The first kappa shape index (κ1) is 12.6. The third-order valence-electron chi connectivity index (χ3n) is 3.64. The molecule has 1 saturated carbocycles. The minimum Gasteiger partial charge on any atom is -0.334 e. The molecule has 100 valence electrons. The minimum atomic E-state index is 0.00246. The molecule has 0 bridgehead atoms. The number of fused-ring (bicyclic) bond motifs is 1. The SMILES string of the molecule is O=C(NC1CCCCC1)N1C=Cc2ccccc2S1. The molecule has 2 amide bonds. The number of nitrogens with one attached hydrogen (secondary N) is 1. The monoisotopic (exact) mass is 274 g/mol. The summed E-state index contributed by atoms with van der Waals surface area (Å²) in [6.07, 6.45) is 9.85. The number of urea groups is 1. The van der Waals surface area contributed by atoms with Crippen LogP contribution in [-0.4, -0.2) is 16.4 Å². The summed E-state index contributed by atoms with van der Waals surface area (Å²) < 4.78 is 1.69. The molecule has 0 saturated heterocycles. The average molecular weight is 274 g/mol. The highest BCUT2D eigenvalue weighted by Gasteiger charge is 2.21. The van der Waals surface area contributed by atoms with Gasteiger partial charge in [0, 0.05) is 17.1 Å². The van der Waals surface area contributed by atoms with Crippen molar-refractivity contribution in [1.29, 1.82) is 0 Å². The van der Waals surface area contributed by atoms with Crippen LogP contribution in [0.25, 0.3) is 6.08 Å². The average Bonchev–Trinajstić information content (AvgIpc) is 2.48. The van der Waals surface area contributed by atoms with Gasteiger partial charge in [-0.15, -0.1) is 0 Å². The molecule has 1 fully saturated rings. The van der Waals surface area contributed by atoms with Crippen LogP contribution in [0.15, 0.2) is 35.4 Å². The lowest BCUT2D eigenvalue weighted by atomic mass is 9.96. The number of carbonyl (C=O) groups is 1. The van der Waals surface area contributed by atoms with Crippen molar-refractivity contribution >= 4 is 24.1 Å². The third kappa shape index (κ3) is 2.95. The van der Waals surface area contributed by atoms with E-state index in [-0.39, 0.29) is 6.03 Å². The van der Waals surface area contributed by atoms with E-state index in [1.807, 2.05) is 30.5 Å². The lowest BCUT2D eigenvalue weighted by Gasteiger charge is -2.27. The molecule has 1 aromatic carbocycles. The number of hydrogen-bond donors (Lipinski definition) is 1. The fraction of sp³-hybridized carbons (Fsp3) is 0.400. The first-order valence-corrected chi connectivity index (χ1v) is 7.65. The van der Waals surface area contributed by atoms with E-state index in [9.17, 15) is 4.79 Å². The van der Waals surface area contributed by atoms with Gasteiger partial charge in [-0.3, -0.25) is 0 Å². The summed E-state index contributed by atoms with van der Waals surface area (Å²) in [5.74, 6) is 0. The zero-order valence-electron chi connectivity index (χ0n) is 10.8. The fourth-order valence-corrected chi connectivity index (χ4v) is 3.43. The van der Waals surface area contributed by atoms with Crippen molar-refractivity contribution in [2.75, 3.05) is 0 Å². The fourth-order valence-electron chi connectivity index (χ4n) is 2.58. The number of amides is 2. The van der Waals surface area contributed by atoms with Gasteiger partial charge < -0.3 is 5.32 Å². The van der Waals surface area contributed by atoms with E-state index < -0.39 is 0 Å². The van der Waals surface area contributed by atoms with E-state index in [0.717, 1.165) is 17.7 Å². The summed E-state index contributed by atoms with van der Waals surface area (Å²) in [5, 5.41) is 3.13. The van der Waals surface area contributed by atoms with E-state index in [2.05, 4.69) is 11.4 Å². The predicted molar refractivity (Wildman–Crippen MR) is 78.6 cm³/mol. The van der Waals surface area contributed by atoms with Crippen LogP contribution in [0.4, 0.5) is 4.79 Å². The summed E-state index contributed by atoms with van der Waals surface area (Å²) in [4.78, 5) is 13.3. The second kappa shape index (κ2) is 5.70. The van der Waals surface area contributed by atoms with Gasteiger partial charge in [-0.2, -0.15) is 0 Å². The molecule has 1 heterocycles. The Kier molecular flexibility index (Phi) is 3.78. The largest absolute Gasteiger partial charge is 0.334 e. The van der Waals surface area contributed by atoms with Crippen molar-refractivity contribution in [1.82, 2.24) is 9.62 Å². The van der Waals surface area contributed by atoms with Crippen LogP contribution >= 0.6 is 11.9 Å². The normalized spacial score (nSPS) is 19.1. The molecule has 19 heavy (non-hydrogen) atoms. The van der Waals surface area contributed by atoms with Crippen molar-refractivity contribution in [2.24, 2.45) is 0 Å². The third-order valence-corrected chi connectivity index (χ3v) is 4.69. The lowest BCUT2D eigenvalue weighted by Crippen LogP contribution is -2.41. The molecule has 0 radical (unpaired) electrons. The highest BCUT2D eigenvalue weighted by atomic mass is 32.2. The highest BCUT2D eigenvalue weighted by Crippen LogP contribution is 2.32. The van der Waals surface area contributed by atoms with Gasteiger partial charge in [0.05, 0.1) is 0 Å². The first-order valence-electron chi connectivity index (χ1n) is 6.88. The van der Waals surface area contributed by atoms with Crippen LogP contribution in [0.2, 0.25) is 0 Å². The van der Waals surface area contributed by atoms with E-state index in [4.69, 9.17) is 0 Å². The molecule has 0 atom stereocenters. The molecule has 0 spiro atoms. The van der Waals surface area contributed by atoms with Crippen LogP contribution in [0.1, 0.15) is 37.7 Å². The van der Waals surface area contributed by atoms with Crippen LogP contribution < -0.4 is 5.32 Å². The van der Waals surface area contributed by atoms with Gasteiger partial charge in [-0.05, 0) is 42.5 Å². The topological polar surface area (TPSA) is 32.3 Å². The van der Waals surface area contributed by atoms with Crippen molar-refractivity contribution in [3.63, 3.8) is 0 Å². The molecule has 2 aliphatic rings. The molecule has 3 nitrogen and oxygen atoms in total. The zero-order chi connectivity index (χ0) is 13.1. The molecule has 1 aromatic rings. The maximum Gasteiger partial charge on any atom is 0.332 e. The Morgan fingerprint density at radius 3 is 2.84 bits per heavy atom. The second-order valence-electron chi connectivity index (χ2n) is 5.06. The standard InChI is InChI=1S/C15H18N2OS/c18-15(16-13-7-2-1-3-8-13)17-11-10-12-6-4-5-9-14(12)19-17/h4-6,9-11,13H,1-3,7-8H2,(H,16,18). The molecular weight excluding hydrogens is 256 g/mol. The molecule has 1 N–H and O–H groups in total. The Morgan fingerprint density at radius 2 is 2.00 bits per heavy atom. The summed E-state index contributed by atoms with van der Waals surface area (Å²) in [7, 11) is 0. The van der Waals surface area contributed by atoms with Gasteiger partial charge in [0.2, 0.25) is 0 Å². The first-order chi connectivity index (χ1) is 9.33. The van der Waals surface area contributed by atoms with Gasteiger partial charge in [-0.25, -0.2) is 9.10 Å². The molecule has 3 rings (SSSR count). The van der Waals surface area contributed by atoms with Crippen molar-refractivity contribution in [3.05, 3.63) is 36.0 Å². The molecule has 0 unspecified atom stereocenters. The van der Waals surface area contributed by atoms with Crippen LogP contribution in [-0.2, 0) is 0 Å². The van der Waals surface area contributed by atoms with E-state index >= 15 is 0 Å². The summed E-state index contributed by atoms with van der Waals surface area (Å²) in [6.45, 7) is 0. The van der Waals surface area contributed by atoms with E-state index in [1.165, 1.54) is 36.8 Å². The smallest absolute Gasteiger partial charge is 0.332 e. The van der Waals surface area contributed by atoms with Gasteiger partial charge in [0.25, 0.3) is 0 Å². The Balaban J connectivity index is 1.63. The highest BCUT2D eigenvalue weighted by molar-refractivity contribution is 7.97. The maximum atomic E-state index is 12.2. The molecule has 1 aliphatic carbocycles. The zero-order valence-corrected chi connectivity index (χ0v) is 11.7. The number of hydrogen-bond acceptors (Lipinski definition) is 2. The molecule has 1 aliphatic heterocycles. The summed E-state index contributed by atoms with van der Waals surface area (Å²) in [5.41, 5.74) is 1.18. The van der Waals surface area contributed by atoms with Crippen molar-refractivity contribution in [2.45, 2.75) is 43.0 Å². The quantitative estimate of drug-likeness (QED) is 0.784. The number of rotatable bonds is 1. The van der Waals surface area contributed by atoms with Gasteiger partial charge in [-0.1, -0.05) is 37.5 Å². The van der Waals surface area contributed by atoms with Gasteiger partial charge in [0.15, 0.2) is 0 Å². The van der Waals surface area contributed by atoms with Crippen LogP contribution in [0.5, 0.6) is 0 Å². The lowest BCUT2D eigenvalue weighted by molar-refractivity contribution is 0.225. The predicted octanol–water partition coefficient (Wildman–Crippen LogP) is 4.02. The summed E-state index contributed by atoms with van der Waals surface area (Å²) >= 11 is 1.49. The van der Waals surface area contributed by atoms with Gasteiger partial charge in [0.1, 0.15) is 0 Å². The number of benzene rings is 1. The van der Waals surface area contributed by atoms with Crippen molar-refractivity contribution in [3.8, 4) is 0 Å². The van der Waals surface area contributed by atoms with Gasteiger partial charge >= 0.3 is 6.03 Å². The van der Waals surface area contributed by atoms with E-state index in [1.54, 1.807) is 4.31 Å². The molecule has 4 heteroatoms. The van der Waals surface area contributed by atoms with Crippen LogP contribution in [0, 0.1) is 0 Å². The molecule has 0 aromatic heterocycles. The van der Waals surface area contributed by atoms with Crippen molar-refractivity contribution < 1.29 is 4.79 Å². The molecular formula is C15H18N2OS. The second-order valence-corrected chi connectivity index (χ2v) is 6.07. The Morgan fingerprint density at radius 1 is 1.21 bits per heavy atom. The minimum absolute atomic E-state index is 0.00246. The number of carbonyl (C=O) groups excluding carboxylic acids is 1.